The van der Waals surface area contributed by atoms with Crippen LogP contribution in [0, 0.1) is 5.92 Å². The van der Waals surface area contributed by atoms with E-state index in [1.807, 2.05) is 0 Å². The molecule has 114 valence electrons. The molecule has 1 fully saturated rings. The van der Waals surface area contributed by atoms with Gasteiger partial charge in [0.05, 0.1) is 11.6 Å². The molecule has 0 spiro atoms. The number of rotatable bonds is 5. The largest absolute Gasteiger partial charge is 0.347 e. The molecular weight excluding hydrogens is 276 g/mol. The number of aromatic nitrogens is 2. The van der Waals surface area contributed by atoms with Crippen molar-refractivity contribution in [1.82, 2.24) is 19.6 Å². The van der Waals surface area contributed by atoms with Crippen LogP contribution in [-0.4, -0.2) is 47.1 Å². The van der Waals surface area contributed by atoms with E-state index in [1.54, 1.807) is 30.7 Å². The van der Waals surface area contributed by atoms with Gasteiger partial charge in [-0.2, -0.15) is 0 Å². The van der Waals surface area contributed by atoms with Gasteiger partial charge in [0, 0.05) is 37.6 Å². The van der Waals surface area contributed by atoms with Crippen molar-refractivity contribution < 1.29 is 8.42 Å². The van der Waals surface area contributed by atoms with Gasteiger partial charge in [-0.15, -0.1) is 0 Å². The van der Waals surface area contributed by atoms with E-state index in [1.165, 1.54) is 0 Å². The number of H-pyrrole nitrogens is 1. The summed E-state index contributed by atoms with van der Waals surface area (Å²) in [6.45, 7) is 7.52. The quantitative estimate of drug-likeness (QED) is 0.848. The Morgan fingerprint density at radius 1 is 1.55 bits per heavy atom. The first-order chi connectivity index (χ1) is 9.41. The summed E-state index contributed by atoms with van der Waals surface area (Å²) in [4.78, 5) is 7.05. The number of aromatic amines is 1. The topological polar surface area (TPSA) is 78.1 Å². The highest BCUT2D eigenvalue weighted by Gasteiger charge is 2.33. The van der Waals surface area contributed by atoms with E-state index in [-0.39, 0.29) is 5.25 Å². The van der Waals surface area contributed by atoms with Crippen LogP contribution < -0.4 is 5.32 Å². The smallest absolute Gasteiger partial charge is 0.216 e. The van der Waals surface area contributed by atoms with Crippen molar-refractivity contribution in [3.8, 4) is 0 Å². The predicted molar refractivity (Wildman–Crippen MR) is 78.6 cm³/mol. The molecule has 20 heavy (non-hydrogen) atoms. The molecule has 0 saturated carbocycles. The molecular formula is C13H24N4O2S. The molecule has 1 aliphatic heterocycles. The van der Waals surface area contributed by atoms with Gasteiger partial charge in [-0.05, 0) is 26.2 Å². The Labute approximate surface area is 121 Å². The maximum Gasteiger partial charge on any atom is 0.216 e. The molecule has 1 saturated heterocycles. The molecule has 0 unspecified atom stereocenters. The number of imidazole rings is 1. The van der Waals surface area contributed by atoms with Crippen molar-refractivity contribution in [3.05, 3.63) is 18.2 Å². The lowest BCUT2D eigenvalue weighted by Gasteiger charge is -2.37. The number of piperidine rings is 1. The number of sulfonamides is 1. The maximum absolute atomic E-state index is 12.2. The molecule has 0 aliphatic carbocycles. The molecule has 1 aromatic rings. The number of nitrogens with one attached hydrogen (secondary N) is 2. The first-order valence-electron chi connectivity index (χ1n) is 7.11. The van der Waals surface area contributed by atoms with E-state index in [0.717, 1.165) is 18.7 Å². The summed E-state index contributed by atoms with van der Waals surface area (Å²) in [5.41, 5.74) is 1.05. The van der Waals surface area contributed by atoms with Gasteiger partial charge in [0.2, 0.25) is 10.0 Å². The van der Waals surface area contributed by atoms with Crippen LogP contribution in [0.15, 0.2) is 12.5 Å². The fourth-order valence-electron chi connectivity index (χ4n) is 2.56. The van der Waals surface area contributed by atoms with Gasteiger partial charge in [-0.3, -0.25) is 0 Å². The Kier molecular flexibility index (Phi) is 4.82. The Balaban J connectivity index is 1.89. The molecule has 1 aliphatic rings. The Hall–Kier alpha value is -0.920. The highest BCUT2D eigenvalue weighted by Crippen LogP contribution is 2.21. The number of hydrogen-bond acceptors (Lipinski definition) is 4. The van der Waals surface area contributed by atoms with E-state index >= 15 is 0 Å². The van der Waals surface area contributed by atoms with E-state index in [2.05, 4.69) is 22.2 Å². The summed E-state index contributed by atoms with van der Waals surface area (Å²) in [5, 5.41) is 3.14. The molecule has 2 atom stereocenters. The van der Waals surface area contributed by atoms with Gasteiger partial charge in [0.15, 0.2) is 0 Å². The van der Waals surface area contributed by atoms with Crippen LogP contribution >= 0.6 is 0 Å². The summed E-state index contributed by atoms with van der Waals surface area (Å²) in [6.07, 6.45) is 4.32. The van der Waals surface area contributed by atoms with E-state index in [9.17, 15) is 8.42 Å². The van der Waals surface area contributed by atoms with Crippen LogP contribution in [-0.2, 0) is 16.6 Å². The maximum atomic E-state index is 12.2. The standard InChI is InChI=1S/C13H24N4O2S/c1-10(2)20(18,19)17-5-4-13(11(3)8-17)15-7-12-6-14-9-16-12/h6,9-11,13,15H,4-5,7-8H2,1-3H3,(H,14,16)/t11-,13+/m0/s1. The molecule has 0 amide bonds. The molecule has 0 aromatic carbocycles. The lowest BCUT2D eigenvalue weighted by molar-refractivity contribution is 0.218. The second-order valence-electron chi connectivity index (χ2n) is 5.78. The summed E-state index contributed by atoms with van der Waals surface area (Å²) in [7, 11) is -3.13. The Bertz CT molecular complexity index is 512. The average molecular weight is 300 g/mol. The van der Waals surface area contributed by atoms with Crippen LogP contribution in [0.4, 0.5) is 0 Å². The molecule has 7 heteroatoms. The first kappa shape index (κ1) is 15.5. The van der Waals surface area contributed by atoms with E-state index in [0.29, 0.717) is 25.0 Å². The average Bonchev–Trinajstić information content (AvgIpc) is 2.90. The van der Waals surface area contributed by atoms with Crippen molar-refractivity contribution in [2.75, 3.05) is 13.1 Å². The predicted octanol–water partition coefficient (Wildman–Crippen LogP) is 0.948. The highest BCUT2D eigenvalue weighted by atomic mass is 32.2. The van der Waals surface area contributed by atoms with Crippen molar-refractivity contribution in [3.63, 3.8) is 0 Å². The fraction of sp³-hybridized carbons (Fsp3) is 0.769. The monoisotopic (exact) mass is 300 g/mol. The summed E-state index contributed by atoms with van der Waals surface area (Å²) in [6, 6.07) is 0.344. The minimum Gasteiger partial charge on any atom is -0.347 e. The summed E-state index contributed by atoms with van der Waals surface area (Å²) < 4.78 is 26.0. The lowest BCUT2D eigenvalue weighted by Crippen LogP contribution is -2.51. The number of hydrogen-bond donors (Lipinski definition) is 2. The molecule has 6 nitrogen and oxygen atoms in total. The second-order valence-corrected chi connectivity index (χ2v) is 8.27. The van der Waals surface area contributed by atoms with Gasteiger partial charge in [0.1, 0.15) is 0 Å². The third-order valence-electron chi connectivity index (χ3n) is 3.93. The zero-order valence-corrected chi connectivity index (χ0v) is 13.2. The molecule has 2 rings (SSSR count). The summed E-state index contributed by atoms with van der Waals surface area (Å²) >= 11 is 0. The second kappa shape index (κ2) is 6.24. The minimum absolute atomic E-state index is 0.306. The normalized spacial score (nSPS) is 25.2. The fourth-order valence-corrected chi connectivity index (χ4v) is 3.96. The van der Waals surface area contributed by atoms with Crippen LogP contribution in [0.2, 0.25) is 0 Å². The summed E-state index contributed by atoms with van der Waals surface area (Å²) in [5.74, 6) is 0.306. The molecule has 0 bridgehead atoms. The van der Waals surface area contributed by atoms with Gasteiger partial charge >= 0.3 is 0 Å². The SMILES string of the molecule is CC(C)S(=O)(=O)N1CC[C@@H](NCc2cnc[nH]2)[C@@H](C)C1. The van der Waals surface area contributed by atoms with Crippen LogP contribution in [0.1, 0.15) is 32.9 Å². The zero-order valence-electron chi connectivity index (χ0n) is 12.3. The van der Waals surface area contributed by atoms with Crippen molar-refractivity contribution in [2.24, 2.45) is 5.92 Å². The van der Waals surface area contributed by atoms with E-state index < -0.39 is 10.0 Å². The van der Waals surface area contributed by atoms with Gasteiger partial charge in [0.25, 0.3) is 0 Å². The van der Waals surface area contributed by atoms with Crippen molar-refractivity contribution in [1.29, 1.82) is 0 Å². The first-order valence-corrected chi connectivity index (χ1v) is 8.61. The van der Waals surface area contributed by atoms with Crippen LogP contribution in [0.3, 0.4) is 0 Å². The Morgan fingerprint density at radius 3 is 2.85 bits per heavy atom. The van der Waals surface area contributed by atoms with Crippen molar-refractivity contribution in [2.45, 2.75) is 45.0 Å². The molecule has 2 N–H and O–H groups in total. The molecule has 1 aromatic heterocycles. The molecule has 2 heterocycles. The minimum atomic E-state index is -3.13. The van der Waals surface area contributed by atoms with Gasteiger partial charge < -0.3 is 10.3 Å². The highest BCUT2D eigenvalue weighted by molar-refractivity contribution is 7.89. The lowest BCUT2D eigenvalue weighted by atomic mass is 9.95. The number of nitrogens with zero attached hydrogens (tertiary/aromatic N) is 2. The zero-order chi connectivity index (χ0) is 14.8. The third kappa shape index (κ3) is 3.39. The van der Waals surface area contributed by atoms with Crippen LogP contribution in [0.5, 0.6) is 0 Å². The van der Waals surface area contributed by atoms with E-state index in [4.69, 9.17) is 0 Å². The van der Waals surface area contributed by atoms with Gasteiger partial charge in [-0.25, -0.2) is 17.7 Å². The van der Waals surface area contributed by atoms with Crippen LogP contribution in [0.25, 0.3) is 0 Å². The van der Waals surface area contributed by atoms with Gasteiger partial charge in [-0.1, -0.05) is 6.92 Å². The molecule has 0 radical (unpaired) electrons. The van der Waals surface area contributed by atoms with Crippen molar-refractivity contribution >= 4 is 10.0 Å². The Morgan fingerprint density at radius 2 is 2.30 bits per heavy atom. The third-order valence-corrected chi connectivity index (χ3v) is 6.18.